The molecule has 3 rings (SSSR count). The lowest BCUT2D eigenvalue weighted by molar-refractivity contribution is -0.139. The largest absolute Gasteiger partial charge is 0.491 e. The zero-order valence-electron chi connectivity index (χ0n) is 11.4. The number of carboxylic acid groups (broad SMARTS) is 1. The zero-order valence-corrected chi connectivity index (χ0v) is 11.4. The third kappa shape index (κ3) is 3.04. The van der Waals surface area contributed by atoms with Crippen LogP contribution in [-0.2, 0) is 4.79 Å². The third-order valence-corrected chi connectivity index (χ3v) is 3.75. The van der Waals surface area contributed by atoms with Crippen molar-refractivity contribution in [2.24, 2.45) is 0 Å². The zero-order chi connectivity index (χ0) is 13.9. The van der Waals surface area contributed by atoms with E-state index in [2.05, 4.69) is 10.2 Å². The molecule has 2 aliphatic rings. The second-order valence-electron chi connectivity index (χ2n) is 5.45. The van der Waals surface area contributed by atoms with Gasteiger partial charge in [-0.25, -0.2) is 0 Å². The molecular formula is C15H20N2O3. The summed E-state index contributed by atoms with van der Waals surface area (Å²) in [5.41, 5.74) is 0.994. The summed E-state index contributed by atoms with van der Waals surface area (Å²) in [5, 5.41) is 12.6. The van der Waals surface area contributed by atoms with Gasteiger partial charge in [-0.3, -0.25) is 4.79 Å². The summed E-state index contributed by atoms with van der Waals surface area (Å²) in [4.78, 5) is 13.5. The van der Waals surface area contributed by atoms with Crippen LogP contribution in [0.25, 0.3) is 0 Å². The summed E-state index contributed by atoms with van der Waals surface area (Å²) >= 11 is 0. The Morgan fingerprint density at radius 3 is 3.00 bits per heavy atom. The Balaban J connectivity index is 1.76. The smallest absolute Gasteiger partial charge is 0.322 e. The van der Waals surface area contributed by atoms with Crippen LogP contribution in [0.15, 0.2) is 24.3 Å². The molecule has 0 radical (unpaired) electrons. The number of benzene rings is 1. The predicted octanol–water partition coefficient (Wildman–Crippen LogP) is 1.48. The molecule has 108 valence electrons. The molecule has 5 heteroatoms. The first-order valence-corrected chi connectivity index (χ1v) is 7.19. The molecule has 1 fully saturated rings. The normalized spacial score (nSPS) is 19.7. The number of para-hydroxylation sites is 2. The topological polar surface area (TPSA) is 61.8 Å². The van der Waals surface area contributed by atoms with Crippen LogP contribution in [0.3, 0.4) is 0 Å². The molecule has 0 bridgehead atoms. The predicted molar refractivity (Wildman–Crippen MR) is 76.3 cm³/mol. The fourth-order valence-electron chi connectivity index (χ4n) is 2.55. The molecule has 1 aliphatic carbocycles. The highest BCUT2D eigenvalue weighted by Crippen LogP contribution is 2.30. The van der Waals surface area contributed by atoms with Gasteiger partial charge in [-0.1, -0.05) is 12.1 Å². The van der Waals surface area contributed by atoms with E-state index in [-0.39, 0.29) is 0 Å². The number of nitrogens with one attached hydrogen (secondary N) is 1. The Kier molecular flexibility index (Phi) is 3.78. The minimum Gasteiger partial charge on any atom is -0.491 e. The van der Waals surface area contributed by atoms with Crippen LogP contribution in [0.4, 0.5) is 5.69 Å². The average molecular weight is 276 g/mol. The van der Waals surface area contributed by atoms with E-state index in [0.717, 1.165) is 37.2 Å². The number of ether oxygens (including phenoxy) is 1. The fourth-order valence-corrected chi connectivity index (χ4v) is 2.55. The Labute approximate surface area is 118 Å². The van der Waals surface area contributed by atoms with Gasteiger partial charge in [0.05, 0.1) is 12.3 Å². The summed E-state index contributed by atoms with van der Waals surface area (Å²) in [6, 6.07) is 7.71. The number of carboxylic acids is 1. The highest BCUT2D eigenvalue weighted by Gasteiger charge is 2.30. The minimum absolute atomic E-state index is 0.384. The first kappa shape index (κ1) is 13.2. The van der Waals surface area contributed by atoms with Gasteiger partial charge in [-0.2, -0.15) is 0 Å². The lowest BCUT2D eigenvalue weighted by atomic mass is 10.2. The molecule has 1 aromatic carbocycles. The Hall–Kier alpha value is -1.75. The molecule has 2 N–H and O–H groups in total. The molecular weight excluding hydrogens is 256 g/mol. The number of hydrogen-bond acceptors (Lipinski definition) is 4. The van der Waals surface area contributed by atoms with E-state index in [9.17, 15) is 9.90 Å². The number of anilines is 1. The van der Waals surface area contributed by atoms with Gasteiger partial charge in [-0.15, -0.1) is 0 Å². The van der Waals surface area contributed by atoms with Crippen LogP contribution in [0.1, 0.15) is 19.3 Å². The van der Waals surface area contributed by atoms with Crippen molar-refractivity contribution in [1.29, 1.82) is 0 Å². The summed E-state index contributed by atoms with van der Waals surface area (Å²) in [6.45, 7) is 1.99. The van der Waals surface area contributed by atoms with E-state index in [1.165, 1.54) is 0 Å². The number of fused-ring (bicyclic) bond motifs is 1. The molecule has 1 aliphatic heterocycles. The number of nitrogens with zero attached hydrogens (tertiary/aromatic N) is 1. The average Bonchev–Trinajstić information content (AvgIpc) is 3.26. The van der Waals surface area contributed by atoms with Gasteiger partial charge in [0.2, 0.25) is 0 Å². The molecule has 20 heavy (non-hydrogen) atoms. The maximum atomic E-state index is 11.4. The maximum Gasteiger partial charge on any atom is 0.322 e. The number of carbonyl (C=O) groups is 1. The van der Waals surface area contributed by atoms with Crippen LogP contribution in [0, 0.1) is 0 Å². The van der Waals surface area contributed by atoms with E-state index in [0.29, 0.717) is 19.2 Å². The molecule has 0 spiro atoms. The second-order valence-corrected chi connectivity index (χ2v) is 5.45. The molecule has 5 nitrogen and oxygen atoms in total. The van der Waals surface area contributed by atoms with Gasteiger partial charge in [0.25, 0.3) is 0 Å². The van der Waals surface area contributed by atoms with Gasteiger partial charge in [0.15, 0.2) is 0 Å². The van der Waals surface area contributed by atoms with Crippen molar-refractivity contribution in [3.63, 3.8) is 0 Å². The van der Waals surface area contributed by atoms with E-state index < -0.39 is 12.0 Å². The Bertz CT molecular complexity index is 488. The molecule has 0 amide bonds. The first-order chi connectivity index (χ1) is 9.74. The van der Waals surface area contributed by atoms with Gasteiger partial charge in [0.1, 0.15) is 11.8 Å². The monoisotopic (exact) mass is 276 g/mol. The van der Waals surface area contributed by atoms with Crippen molar-refractivity contribution in [2.45, 2.75) is 31.3 Å². The third-order valence-electron chi connectivity index (χ3n) is 3.75. The molecule has 1 unspecified atom stereocenters. The van der Waals surface area contributed by atoms with Crippen LogP contribution in [-0.4, -0.2) is 42.9 Å². The molecule has 1 saturated carbocycles. The van der Waals surface area contributed by atoms with Crippen LogP contribution in [0.5, 0.6) is 5.75 Å². The molecule has 1 heterocycles. The van der Waals surface area contributed by atoms with E-state index >= 15 is 0 Å². The van der Waals surface area contributed by atoms with E-state index in [4.69, 9.17) is 4.74 Å². The molecule has 0 aromatic heterocycles. The number of rotatable bonds is 5. The standard InChI is InChI=1S/C15H20N2O3/c18-15(19)12(16-11-6-7-11)10-17-8-3-9-20-14-5-2-1-4-13(14)17/h1-2,4-5,11-12,16H,3,6-10H2,(H,18,19). The summed E-state index contributed by atoms with van der Waals surface area (Å²) in [7, 11) is 0. The van der Waals surface area contributed by atoms with Gasteiger partial charge in [0, 0.05) is 19.1 Å². The summed E-state index contributed by atoms with van der Waals surface area (Å²) < 4.78 is 5.70. The summed E-state index contributed by atoms with van der Waals surface area (Å²) in [6.07, 6.45) is 3.08. The SMILES string of the molecule is O=C(O)C(CN1CCCOc2ccccc21)NC1CC1. The van der Waals surface area contributed by atoms with Crippen molar-refractivity contribution in [1.82, 2.24) is 5.32 Å². The van der Waals surface area contributed by atoms with Crippen LogP contribution in [0.2, 0.25) is 0 Å². The molecule has 1 atom stereocenters. The molecule has 1 aromatic rings. The van der Waals surface area contributed by atoms with Gasteiger partial charge < -0.3 is 20.1 Å². The van der Waals surface area contributed by atoms with Crippen molar-refractivity contribution in [3.8, 4) is 5.75 Å². The minimum atomic E-state index is -0.778. The number of hydrogen-bond donors (Lipinski definition) is 2. The lowest BCUT2D eigenvalue weighted by Crippen LogP contribution is -2.47. The van der Waals surface area contributed by atoms with Crippen molar-refractivity contribution in [3.05, 3.63) is 24.3 Å². The lowest BCUT2D eigenvalue weighted by Gasteiger charge is -2.27. The van der Waals surface area contributed by atoms with E-state index in [1.54, 1.807) is 0 Å². The fraction of sp³-hybridized carbons (Fsp3) is 0.533. The maximum absolute atomic E-state index is 11.4. The highest BCUT2D eigenvalue weighted by molar-refractivity contribution is 5.75. The first-order valence-electron chi connectivity index (χ1n) is 7.19. The number of aliphatic carboxylic acids is 1. The second kappa shape index (κ2) is 5.71. The Morgan fingerprint density at radius 2 is 2.25 bits per heavy atom. The van der Waals surface area contributed by atoms with E-state index in [1.807, 2.05) is 24.3 Å². The molecule has 0 saturated heterocycles. The van der Waals surface area contributed by atoms with Crippen molar-refractivity contribution >= 4 is 11.7 Å². The van der Waals surface area contributed by atoms with Crippen molar-refractivity contribution in [2.75, 3.05) is 24.6 Å². The highest BCUT2D eigenvalue weighted by atomic mass is 16.5. The van der Waals surface area contributed by atoms with Crippen LogP contribution >= 0.6 is 0 Å². The van der Waals surface area contributed by atoms with Crippen LogP contribution < -0.4 is 15.0 Å². The van der Waals surface area contributed by atoms with Crippen molar-refractivity contribution < 1.29 is 14.6 Å². The van der Waals surface area contributed by atoms with Gasteiger partial charge in [-0.05, 0) is 31.4 Å². The quantitative estimate of drug-likeness (QED) is 0.853. The Morgan fingerprint density at radius 1 is 1.45 bits per heavy atom. The summed E-state index contributed by atoms with van der Waals surface area (Å²) in [5.74, 6) is 0.0695. The van der Waals surface area contributed by atoms with Gasteiger partial charge >= 0.3 is 5.97 Å².